The fraction of sp³-hybridized carbons (Fsp3) is 0.222. The van der Waals surface area contributed by atoms with Crippen LogP contribution in [0.1, 0.15) is 11.1 Å². The first-order chi connectivity index (χ1) is 10.7. The highest BCUT2D eigenvalue weighted by Gasteiger charge is 2.13. The summed E-state index contributed by atoms with van der Waals surface area (Å²) >= 11 is 0. The second-order valence-electron chi connectivity index (χ2n) is 4.66. The first-order valence-electron chi connectivity index (χ1n) is 6.93. The third kappa shape index (κ3) is 3.34. The van der Waals surface area contributed by atoms with Crippen LogP contribution in [0.3, 0.4) is 0 Å². The maximum absolute atomic E-state index is 9.78. The second-order valence-corrected chi connectivity index (χ2v) is 4.66. The van der Waals surface area contributed by atoms with Crippen molar-refractivity contribution in [3.8, 4) is 23.0 Å². The highest BCUT2D eigenvalue weighted by atomic mass is 16.5. The van der Waals surface area contributed by atoms with Crippen LogP contribution in [0.25, 0.3) is 6.08 Å². The predicted molar refractivity (Wildman–Crippen MR) is 86.9 cm³/mol. The molecule has 116 valence electrons. The Balaban J connectivity index is 2.23. The van der Waals surface area contributed by atoms with E-state index < -0.39 is 0 Å². The largest absolute Gasteiger partial charge is 0.504 e. The number of methoxy groups -OCH3 is 3. The number of hydrogen-bond donors (Lipinski definition) is 1. The van der Waals surface area contributed by atoms with Crippen molar-refractivity contribution >= 4 is 6.08 Å². The van der Waals surface area contributed by atoms with Gasteiger partial charge in [0.15, 0.2) is 11.5 Å². The van der Waals surface area contributed by atoms with Crippen LogP contribution in [-0.4, -0.2) is 26.4 Å². The van der Waals surface area contributed by atoms with Gasteiger partial charge in [-0.25, -0.2) is 0 Å². The van der Waals surface area contributed by atoms with E-state index in [0.29, 0.717) is 17.9 Å². The Morgan fingerprint density at radius 1 is 0.909 bits per heavy atom. The molecule has 0 bridgehead atoms. The zero-order chi connectivity index (χ0) is 15.9. The van der Waals surface area contributed by atoms with Crippen LogP contribution in [-0.2, 0) is 6.42 Å². The van der Waals surface area contributed by atoms with Crippen molar-refractivity contribution in [2.24, 2.45) is 0 Å². The van der Waals surface area contributed by atoms with Gasteiger partial charge >= 0.3 is 0 Å². The summed E-state index contributed by atoms with van der Waals surface area (Å²) in [5.74, 6) is 1.80. The fourth-order valence-electron chi connectivity index (χ4n) is 2.29. The van der Waals surface area contributed by atoms with Crippen LogP contribution in [0.4, 0.5) is 0 Å². The average Bonchev–Trinajstić information content (AvgIpc) is 2.56. The van der Waals surface area contributed by atoms with Gasteiger partial charge in [0, 0.05) is 11.1 Å². The summed E-state index contributed by atoms with van der Waals surface area (Å²) in [6, 6.07) is 11.2. The maximum Gasteiger partial charge on any atom is 0.203 e. The molecule has 2 aromatic carbocycles. The monoisotopic (exact) mass is 300 g/mol. The van der Waals surface area contributed by atoms with E-state index in [1.807, 2.05) is 42.5 Å². The Bertz CT molecular complexity index is 662. The molecule has 0 aliphatic carbocycles. The van der Waals surface area contributed by atoms with E-state index >= 15 is 0 Å². The first kappa shape index (κ1) is 15.8. The average molecular weight is 300 g/mol. The normalized spacial score (nSPS) is 10.7. The standard InChI is InChI=1S/C18H20O4/c1-20-16-10-5-4-7-13(16)8-6-9-14-11-12-15(19)18(22-3)17(14)21-2/h4-8,10-12,19H,9H2,1-3H3. The summed E-state index contributed by atoms with van der Waals surface area (Å²) in [5, 5.41) is 9.78. The molecule has 0 heterocycles. The quantitative estimate of drug-likeness (QED) is 0.884. The third-order valence-electron chi connectivity index (χ3n) is 3.36. The Morgan fingerprint density at radius 3 is 2.32 bits per heavy atom. The van der Waals surface area contributed by atoms with Crippen molar-refractivity contribution < 1.29 is 19.3 Å². The number of phenols is 1. The Labute approximate surface area is 130 Å². The van der Waals surface area contributed by atoms with Crippen molar-refractivity contribution in [1.29, 1.82) is 0 Å². The van der Waals surface area contributed by atoms with Crippen molar-refractivity contribution in [2.75, 3.05) is 21.3 Å². The molecule has 2 rings (SSSR count). The van der Waals surface area contributed by atoms with E-state index in [9.17, 15) is 5.11 Å². The number of benzene rings is 2. The van der Waals surface area contributed by atoms with Gasteiger partial charge in [-0.15, -0.1) is 0 Å². The molecule has 0 radical (unpaired) electrons. The van der Waals surface area contributed by atoms with Gasteiger partial charge in [0.2, 0.25) is 5.75 Å². The topological polar surface area (TPSA) is 47.9 Å². The van der Waals surface area contributed by atoms with Crippen LogP contribution in [0.5, 0.6) is 23.0 Å². The molecule has 0 unspecified atom stereocenters. The number of allylic oxidation sites excluding steroid dienone is 1. The van der Waals surface area contributed by atoms with Gasteiger partial charge < -0.3 is 19.3 Å². The molecule has 0 aromatic heterocycles. The fourth-order valence-corrected chi connectivity index (χ4v) is 2.29. The lowest BCUT2D eigenvalue weighted by molar-refractivity contribution is 0.331. The van der Waals surface area contributed by atoms with Gasteiger partial charge in [0.05, 0.1) is 21.3 Å². The van der Waals surface area contributed by atoms with Crippen LogP contribution in [0.2, 0.25) is 0 Å². The molecule has 0 saturated carbocycles. The van der Waals surface area contributed by atoms with Gasteiger partial charge in [-0.2, -0.15) is 0 Å². The molecule has 0 atom stereocenters. The SMILES string of the molecule is COc1ccccc1C=CCc1ccc(O)c(OC)c1OC. The van der Waals surface area contributed by atoms with E-state index in [1.165, 1.54) is 7.11 Å². The van der Waals surface area contributed by atoms with Crippen molar-refractivity contribution in [2.45, 2.75) is 6.42 Å². The molecular formula is C18H20O4. The summed E-state index contributed by atoms with van der Waals surface area (Å²) < 4.78 is 15.9. The van der Waals surface area contributed by atoms with Gasteiger partial charge in [-0.05, 0) is 18.6 Å². The highest BCUT2D eigenvalue weighted by molar-refractivity contribution is 5.59. The lowest BCUT2D eigenvalue weighted by Crippen LogP contribution is -1.95. The molecule has 0 fully saturated rings. The molecule has 0 aliphatic heterocycles. The van der Waals surface area contributed by atoms with Gasteiger partial charge in [0.25, 0.3) is 0 Å². The lowest BCUT2D eigenvalue weighted by atomic mass is 10.1. The predicted octanol–water partition coefficient (Wildman–Crippen LogP) is 3.67. The van der Waals surface area contributed by atoms with E-state index in [4.69, 9.17) is 14.2 Å². The van der Waals surface area contributed by atoms with Crippen LogP contribution in [0, 0.1) is 0 Å². The number of hydrogen-bond acceptors (Lipinski definition) is 4. The Kier molecular flexibility index (Phi) is 5.31. The smallest absolute Gasteiger partial charge is 0.203 e. The van der Waals surface area contributed by atoms with Crippen molar-refractivity contribution in [3.05, 3.63) is 53.6 Å². The summed E-state index contributed by atoms with van der Waals surface area (Å²) in [6.45, 7) is 0. The van der Waals surface area contributed by atoms with Crippen LogP contribution >= 0.6 is 0 Å². The first-order valence-corrected chi connectivity index (χ1v) is 6.93. The lowest BCUT2D eigenvalue weighted by Gasteiger charge is -2.12. The molecule has 0 amide bonds. The summed E-state index contributed by atoms with van der Waals surface area (Å²) in [6.07, 6.45) is 4.67. The Morgan fingerprint density at radius 2 is 1.64 bits per heavy atom. The zero-order valence-electron chi connectivity index (χ0n) is 13.0. The highest BCUT2D eigenvalue weighted by Crippen LogP contribution is 2.39. The number of para-hydroxylation sites is 1. The molecule has 0 saturated heterocycles. The number of rotatable bonds is 6. The van der Waals surface area contributed by atoms with Gasteiger partial charge in [0.1, 0.15) is 5.75 Å². The molecule has 22 heavy (non-hydrogen) atoms. The van der Waals surface area contributed by atoms with E-state index in [2.05, 4.69) is 0 Å². The molecular weight excluding hydrogens is 280 g/mol. The zero-order valence-corrected chi connectivity index (χ0v) is 13.0. The van der Waals surface area contributed by atoms with E-state index in [-0.39, 0.29) is 5.75 Å². The van der Waals surface area contributed by atoms with E-state index in [1.54, 1.807) is 20.3 Å². The molecule has 1 N–H and O–H groups in total. The molecule has 4 heteroatoms. The summed E-state index contributed by atoms with van der Waals surface area (Å²) in [4.78, 5) is 0. The molecule has 2 aromatic rings. The number of ether oxygens (including phenoxy) is 3. The number of phenolic OH excluding ortho intramolecular Hbond substituents is 1. The minimum absolute atomic E-state index is 0.0665. The van der Waals surface area contributed by atoms with Crippen molar-refractivity contribution in [3.63, 3.8) is 0 Å². The second kappa shape index (κ2) is 7.41. The Hall–Kier alpha value is -2.62. The van der Waals surface area contributed by atoms with E-state index in [0.717, 1.165) is 16.9 Å². The molecule has 0 spiro atoms. The molecule has 0 aliphatic rings. The van der Waals surface area contributed by atoms with Gasteiger partial charge in [-0.1, -0.05) is 36.4 Å². The summed E-state index contributed by atoms with van der Waals surface area (Å²) in [7, 11) is 4.72. The minimum atomic E-state index is 0.0665. The van der Waals surface area contributed by atoms with Gasteiger partial charge in [-0.3, -0.25) is 0 Å². The minimum Gasteiger partial charge on any atom is -0.504 e. The van der Waals surface area contributed by atoms with Crippen molar-refractivity contribution in [1.82, 2.24) is 0 Å². The summed E-state index contributed by atoms with van der Waals surface area (Å²) in [5.41, 5.74) is 1.94. The third-order valence-corrected chi connectivity index (χ3v) is 3.36. The van der Waals surface area contributed by atoms with Crippen LogP contribution in [0.15, 0.2) is 42.5 Å². The maximum atomic E-state index is 9.78. The number of aromatic hydroxyl groups is 1. The van der Waals surface area contributed by atoms with Crippen LogP contribution < -0.4 is 14.2 Å². The molecule has 4 nitrogen and oxygen atoms in total.